The van der Waals surface area contributed by atoms with Crippen molar-refractivity contribution in [2.24, 2.45) is 0 Å². The van der Waals surface area contributed by atoms with E-state index in [2.05, 4.69) is 0 Å². The van der Waals surface area contributed by atoms with E-state index >= 15 is 0 Å². The first-order valence-corrected chi connectivity index (χ1v) is 6.16. The van der Waals surface area contributed by atoms with Crippen LogP contribution in [0.25, 0.3) is 0 Å². The topological polar surface area (TPSA) is 46.5 Å². The minimum Gasteiger partial charge on any atom is -0.495 e. The summed E-state index contributed by atoms with van der Waals surface area (Å²) in [5.41, 5.74) is -1.12. The number of aliphatic carboxylic acids is 1. The van der Waals surface area contributed by atoms with Gasteiger partial charge in [-0.2, -0.15) is 0 Å². The first-order chi connectivity index (χ1) is 8.53. The van der Waals surface area contributed by atoms with Crippen LogP contribution in [0, 0.1) is 5.82 Å². The van der Waals surface area contributed by atoms with Gasteiger partial charge in [0.05, 0.1) is 17.5 Å². The van der Waals surface area contributed by atoms with E-state index in [4.69, 9.17) is 16.3 Å². The number of hydrogen-bond acceptors (Lipinski definition) is 2. The Morgan fingerprint density at radius 2 is 2.06 bits per heavy atom. The number of hydrogen-bond donors (Lipinski definition) is 1. The van der Waals surface area contributed by atoms with Crippen molar-refractivity contribution in [3.8, 4) is 5.75 Å². The second-order valence-electron chi connectivity index (χ2n) is 4.53. The molecule has 0 spiro atoms. The van der Waals surface area contributed by atoms with Gasteiger partial charge in [0.2, 0.25) is 0 Å². The highest BCUT2D eigenvalue weighted by atomic mass is 35.5. The lowest BCUT2D eigenvalue weighted by atomic mass is 9.78. The van der Waals surface area contributed by atoms with Crippen molar-refractivity contribution in [2.75, 3.05) is 7.11 Å². The normalized spacial score (nSPS) is 17.7. The summed E-state index contributed by atoms with van der Waals surface area (Å²) >= 11 is 5.96. The van der Waals surface area contributed by atoms with E-state index in [1.165, 1.54) is 19.2 Å². The Kier molecular flexibility index (Phi) is 3.48. The number of carbonyl (C=O) groups is 1. The molecule has 1 N–H and O–H groups in total. The van der Waals surface area contributed by atoms with Crippen LogP contribution < -0.4 is 4.74 Å². The summed E-state index contributed by atoms with van der Waals surface area (Å²) in [5.74, 6) is -1.44. The average Bonchev–Trinajstić information content (AvgIpc) is 2.82. The molecule has 0 amide bonds. The zero-order chi connectivity index (χ0) is 13.3. The van der Waals surface area contributed by atoms with Gasteiger partial charge in [0.25, 0.3) is 0 Å². The number of carboxylic acid groups (broad SMARTS) is 1. The van der Waals surface area contributed by atoms with Crippen LogP contribution in [0.4, 0.5) is 4.39 Å². The van der Waals surface area contributed by atoms with Gasteiger partial charge in [-0.1, -0.05) is 24.4 Å². The van der Waals surface area contributed by atoms with E-state index in [0.717, 1.165) is 12.8 Å². The van der Waals surface area contributed by atoms with Gasteiger partial charge in [0.1, 0.15) is 11.6 Å². The van der Waals surface area contributed by atoms with Gasteiger partial charge in [0, 0.05) is 5.56 Å². The van der Waals surface area contributed by atoms with E-state index in [0.29, 0.717) is 12.8 Å². The maximum atomic E-state index is 14.1. The fourth-order valence-corrected chi connectivity index (χ4v) is 2.96. The number of ether oxygens (including phenoxy) is 1. The van der Waals surface area contributed by atoms with Crippen LogP contribution in [0.2, 0.25) is 5.02 Å². The molecule has 18 heavy (non-hydrogen) atoms. The van der Waals surface area contributed by atoms with Crippen molar-refractivity contribution in [1.82, 2.24) is 0 Å². The molecular formula is C13H14ClFO3. The summed E-state index contributed by atoms with van der Waals surface area (Å²) in [6.07, 6.45) is 2.36. The van der Waals surface area contributed by atoms with Gasteiger partial charge in [-0.3, -0.25) is 4.79 Å². The minimum atomic E-state index is -1.21. The lowest BCUT2D eigenvalue weighted by Gasteiger charge is -2.27. The predicted octanol–water partition coefficient (Wildman–Crippen LogP) is 3.38. The summed E-state index contributed by atoms with van der Waals surface area (Å²) < 4.78 is 19.2. The van der Waals surface area contributed by atoms with E-state index in [1.807, 2.05) is 0 Å². The Balaban J connectivity index is 2.68. The average molecular weight is 273 g/mol. The van der Waals surface area contributed by atoms with E-state index in [9.17, 15) is 14.3 Å². The highest BCUT2D eigenvalue weighted by molar-refractivity contribution is 6.32. The molecular weight excluding hydrogens is 259 g/mol. The number of carboxylic acids is 1. The SMILES string of the molecule is COc1c(Cl)ccc(F)c1C1(C(=O)O)CCCC1. The van der Waals surface area contributed by atoms with Gasteiger partial charge in [-0.05, 0) is 25.0 Å². The maximum Gasteiger partial charge on any atom is 0.314 e. The van der Waals surface area contributed by atoms with Crippen molar-refractivity contribution in [1.29, 1.82) is 0 Å². The summed E-state index contributed by atoms with van der Waals surface area (Å²) in [6, 6.07) is 2.58. The highest BCUT2D eigenvalue weighted by Crippen LogP contribution is 2.48. The van der Waals surface area contributed by atoms with Crippen molar-refractivity contribution < 1.29 is 19.0 Å². The van der Waals surface area contributed by atoms with E-state index in [1.54, 1.807) is 0 Å². The first-order valence-electron chi connectivity index (χ1n) is 5.79. The summed E-state index contributed by atoms with van der Waals surface area (Å²) in [6.45, 7) is 0. The minimum absolute atomic E-state index is 0.0856. The Morgan fingerprint density at radius 1 is 1.44 bits per heavy atom. The molecule has 1 aromatic rings. The van der Waals surface area contributed by atoms with Crippen molar-refractivity contribution in [3.63, 3.8) is 0 Å². The molecule has 1 aliphatic rings. The van der Waals surface area contributed by atoms with Crippen LogP contribution in [0.15, 0.2) is 12.1 Å². The van der Waals surface area contributed by atoms with Crippen LogP contribution in [0.3, 0.4) is 0 Å². The molecule has 0 bridgehead atoms. The molecule has 0 aromatic heterocycles. The molecule has 3 nitrogen and oxygen atoms in total. The molecule has 1 saturated carbocycles. The number of benzene rings is 1. The Labute approximate surface area is 110 Å². The molecule has 0 atom stereocenters. The van der Waals surface area contributed by atoms with Gasteiger partial charge in [-0.25, -0.2) is 4.39 Å². The van der Waals surface area contributed by atoms with Gasteiger partial charge in [0.15, 0.2) is 0 Å². The lowest BCUT2D eigenvalue weighted by molar-refractivity contribution is -0.143. The molecule has 0 radical (unpaired) electrons. The highest BCUT2D eigenvalue weighted by Gasteiger charge is 2.47. The molecule has 0 unspecified atom stereocenters. The van der Waals surface area contributed by atoms with Crippen LogP contribution in [-0.4, -0.2) is 18.2 Å². The van der Waals surface area contributed by atoms with E-state index in [-0.39, 0.29) is 16.3 Å². The molecule has 5 heteroatoms. The summed E-state index contributed by atoms with van der Waals surface area (Å²) in [5, 5.41) is 9.72. The zero-order valence-electron chi connectivity index (χ0n) is 10.0. The molecule has 0 saturated heterocycles. The van der Waals surface area contributed by atoms with Crippen LogP contribution in [0.1, 0.15) is 31.2 Å². The number of rotatable bonds is 3. The molecule has 1 fully saturated rings. The molecule has 98 valence electrons. The maximum absolute atomic E-state index is 14.1. The van der Waals surface area contributed by atoms with Crippen LogP contribution in [-0.2, 0) is 10.2 Å². The lowest BCUT2D eigenvalue weighted by Crippen LogP contribution is -2.34. The van der Waals surface area contributed by atoms with Gasteiger partial charge >= 0.3 is 5.97 Å². The molecule has 1 aliphatic carbocycles. The van der Waals surface area contributed by atoms with Gasteiger partial charge in [-0.15, -0.1) is 0 Å². The fraction of sp³-hybridized carbons (Fsp3) is 0.462. The zero-order valence-corrected chi connectivity index (χ0v) is 10.8. The van der Waals surface area contributed by atoms with E-state index < -0.39 is 17.2 Å². The third-order valence-electron chi connectivity index (χ3n) is 3.61. The Hall–Kier alpha value is -1.29. The van der Waals surface area contributed by atoms with Gasteiger partial charge < -0.3 is 9.84 Å². The smallest absolute Gasteiger partial charge is 0.314 e. The second kappa shape index (κ2) is 4.76. The second-order valence-corrected chi connectivity index (χ2v) is 4.94. The Bertz CT molecular complexity index is 481. The first kappa shape index (κ1) is 13.1. The van der Waals surface area contributed by atoms with Crippen LogP contribution in [0.5, 0.6) is 5.75 Å². The molecule has 2 rings (SSSR count). The number of halogens is 2. The molecule has 1 aromatic carbocycles. The van der Waals surface area contributed by atoms with Crippen molar-refractivity contribution in [2.45, 2.75) is 31.1 Å². The third-order valence-corrected chi connectivity index (χ3v) is 3.91. The van der Waals surface area contributed by atoms with Crippen LogP contribution >= 0.6 is 11.6 Å². The molecule has 0 aliphatic heterocycles. The fourth-order valence-electron chi connectivity index (χ4n) is 2.73. The molecule has 0 heterocycles. The van der Waals surface area contributed by atoms with Crippen molar-refractivity contribution >= 4 is 17.6 Å². The van der Waals surface area contributed by atoms with Crippen molar-refractivity contribution in [3.05, 3.63) is 28.5 Å². The third kappa shape index (κ3) is 1.85. The quantitative estimate of drug-likeness (QED) is 0.917. The monoisotopic (exact) mass is 272 g/mol. The summed E-state index contributed by atoms with van der Waals surface area (Å²) in [7, 11) is 1.37. The number of methoxy groups -OCH3 is 1. The summed E-state index contributed by atoms with van der Waals surface area (Å²) in [4.78, 5) is 11.6. The largest absolute Gasteiger partial charge is 0.495 e. The standard InChI is InChI=1S/C13H14ClFO3/c1-18-11-8(14)4-5-9(15)10(11)13(12(16)17)6-2-3-7-13/h4-5H,2-3,6-7H2,1H3,(H,16,17). The Morgan fingerprint density at radius 3 is 2.56 bits per heavy atom. The predicted molar refractivity (Wildman–Crippen MR) is 65.7 cm³/mol.